The number of nitrogens with one attached hydrogen (secondary N) is 2. The van der Waals surface area contributed by atoms with Crippen molar-refractivity contribution in [3.63, 3.8) is 0 Å². The number of anilines is 2. The van der Waals surface area contributed by atoms with Crippen LogP contribution < -0.4 is 10.7 Å². The minimum atomic E-state index is 0.399. The second-order valence-corrected chi connectivity index (χ2v) is 8.88. The maximum atomic E-state index is 6.17. The molecule has 2 N–H and O–H groups in total. The van der Waals surface area contributed by atoms with Gasteiger partial charge in [-0.2, -0.15) is 5.10 Å². The molecule has 0 amide bonds. The summed E-state index contributed by atoms with van der Waals surface area (Å²) in [5, 5.41) is 9.00. The first-order chi connectivity index (χ1) is 15.8. The van der Waals surface area contributed by atoms with E-state index in [2.05, 4.69) is 43.7 Å². The van der Waals surface area contributed by atoms with Gasteiger partial charge in [0.2, 0.25) is 0 Å². The van der Waals surface area contributed by atoms with Gasteiger partial charge in [0.15, 0.2) is 5.65 Å². The number of aromatic nitrogens is 5. The van der Waals surface area contributed by atoms with Crippen molar-refractivity contribution in [3.8, 4) is 0 Å². The van der Waals surface area contributed by atoms with Gasteiger partial charge in [-0.15, -0.1) is 0 Å². The molecule has 1 saturated carbocycles. The molecular weight excluding hydrogens is 404 g/mol. The van der Waals surface area contributed by atoms with Crippen LogP contribution in [0.1, 0.15) is 45.4 Å². The fourth-order valence-corrected chi connectivity index (χ4v) is 4.81. The van der Waals surface area contributed by atoms with Gasteiger partial charge >= 0.3 is 0 Å². The number of nitrogens with zero attached hydrogens (tertiary/aromatic N) is 6. The summed E-state index contributed by atoms with van der Waals surface area (Å²) in [7, 11) is 0. The SMILES string of the molecule is CCn1cc(Nn2ccc3c(NC4CCC(OCCN5CCCC5)CC4)ncnc32)cn1. The van der Waals surface area contributed by atoms with Crippen LogP contribution in [0, 0.1) is 0 Å². The fraction of sp³-hybridized carbons (Fsp3) is 0.609. The Morgan fingerprint density at radius 3 is 2.75 bits per heavy atom. The van der Waals surface area contributed by atoms with Crippen LogP contribution >= 0.6 is 0 Å². The zero-order valence-corrected chi connectivity index (χ0v) is 18.9. The highest BCUT2D eigenvalue weighted by molar-refractivity contribution is 5.87. The van der Waals surface area contributed by atoms with E-state index in [4.69, 9.17) is 4.74 Å². The summed E-state index contributed by atoms with van der Waals surface area (Å²) in [6.45, 7) is 7.35. The normalized spacial score (nSPS) is 21.9. The Bertz CT molecular complexity index is 1000. The molecule has 0 bridgehead atoms. The van der Waals surface area contributed by atoms with E-state index in [1.54, 1.807) is 6.33 Å². The lowest BCUT2D eigenvalue weighted by Gasteiger charge is -2.30. The molecule has 3 aromatic heterocycles. The maximum absolute atomic E-state index is 6.17. The number of hydrogen-bond acceptors (Lipinski definition) is 7. The van der Waals surface area contributed by atoms with E-state index >= 15 is 0 Å². The number of fused-ring (bicyclic) bond motifs is 1. The first-order valence-corrected chi connectivity index (χ1v) is 12.0. The van der Waals surface area contributed by atoms with Gasteiger partial charge in [-0.05, 0) is 64.6 Å². The molecule has 2 fully saturated rings. The Morgan fingerprint density at radius 2 is 1.97 bits per heavy atom. The molecule has 9 heteroatoms. The van der Waals surface area contributed by atoms with E-state index in [-0.39, 0.29) is 0 Å². The third-order valence-corrected chi connectivity index (χ3v) is 6.66. The average molecular weight is 439 g/mol. The van der Waals surface area contributed by atoms with E-state index in [1.165, 1.54) is 25.9 Å². The highest BCUT2D eigenvalue weighted by Gasteiger charge is 2.23. The summed E-state index contributed by atoms with van der Waals surface area (Å²) in [5.74, 6) is 0.901. The van der Waals surface area contributed by atoms with E-state index in [1.807, 2.05) is 27.9 Å². The number of hydrogen-bond donors (Lipinski definition) is 2. The third-order valence-electron chi connectivity index (χ3n) is 6.66. The summed E-state index contributed by atoms with van der Waals surface area (Å²) in [6, 6.07) is 2.48. The van der Waals surface area contributed by atoms with Gasteiger partial charge in [0.25, 0.3) is 0 Å². The fourth-order valence-electron chi connectivity index (χ4n) is 4.81. The van der Waals surface area contributed by atoms with Crippen LogP contribution in [0.5, 0.6) is 0 Å². The van der Waals surface area contributed by atoms with Gasteiger partial charge in [-0.25, -0.2) is 14.6 Å². The molecular formula is C23H34N8O. The smallest absolute Gasteiger partial charge is 0.164 e. The van der Waals surface area contributed by atoms with Crippen molar-refractivity contribution in [2.75, 3.05) is 37.0 Å². The number of aryl methyl sites for hydroxylation is 1. The molecule has 5 rings (SSSR count). The molecule has 0 aromatic carbocycles. The Balaban J connectivity index is 1.15. The van der Waals surface area contributed by atoms with Crippen molar-refractivity contribution < 1.29 is 4.74 Å². The van der Waals surface area contributed by atoms with Crippen LogP contribution in [0.4, 0.5) is 11.5 Å². The van der Waals surface area contributed by atoms with Crippen molar-refractivity contribution in [1.29, 1.82) is 0 Å². The lowest BCUT2D eigenvalue weighted by Crippen LogP contribution is -2.32. The summed E-state index contributed by atoms with van der Waals surface area (Å²) < 4.78 is 9.98. The van der Waals surface area contributed by atoms with Crippen molar-refractivity contribution in [3.05, 3.63) is 31.0 Å². The Labute approximate surface area is 189 Å². The van der Waals surface area contributed by atoms with Crippen molar-refractivity contribution in [2.45, 2.75) is 64.1 Å². The summed E-state index contributed by atoms with van der Waals surface area (Å²) >= 11 is 0. The van der Waals surface area contributed by atoms with Crippen LogP contribution in [0.15, 0.2) is 31.0 Å². The highest BCUT2D eigenvalue weighted by Crippen LogP contribution is 2.27. The van der Waals surface area contributed by atoms with Crippen LogP contribution in [0.25, 0.3) is 11.0 Å². The van der Waals surface area contributed by atoms with Crippen molar-refractivity contribution in [1.82, 2.24) is 29.3 Å². The summed E-state index contributed by atoms with van der Waals surface area (Å²) in [6.07, 6.45) is 14.9. The lowest BCUT2D eigenvalue weighted by molar-refractivity contribution is 0.0170. The van der Waals surface area contributed by atoms with Crippen LogP contribution in [-0.2, 0) is 11.3 Å². The summed E-state index contributed by atoms with van der Waals surface area (Å²) in [5.41, 5.74) is 5.14. The molecule has 1 aliphatic heterocycles. The molecule has 0 spiro atoms. The van der Waals surface area contributed by atoms with Gasteiger partial charge in [0, 0.05) is 31.5 Å². The van der Waals surface area contributed by atoms with Gasteiger partial charge in [-0.3, -0.25) is 10.1 Å². The molecule has 172 valence electrons. The van der Waals surface area contributed by atoms with E-state index < -0.39 is 0 Å². The second kappa shape index (κ2) is 9.87. The van der Waals surface area contributed by atoms with Crippen LogP contribution in [0.2, 0.25) is 0 Å². The first kappa shape index (κ1) is 21.2. The minimum absolute atomic E-state index is 0.399. The zero-order valence-electron chi connectivity index (χ0n) is 18.9. The third kappa shape index (κ3) is 4.88. The molecule has 9 nitrogen and oxygen atoms in total. The van der Waals surface area contributed by atoms with Gasteiger partial charge in [0.1, 0.15) is 12.1 Å². The molecule has 4 heterocycles. The molecule has 1 aliphatic carbocycles. The monoisotopic (exact) mass is 438 g/mol. The highest BCUT2D eigenvalue weighted by atomic mass is 16.5. The van der Waals surface area contributed by atoms with Gasteiger partial charge < -0.3 is 15.0 Å². The predicted octanol–water partition coefficient (Wildman–Crippen LogP) is 3.36. The molecule has 32 heavy (non-hydrogen) atoms. The molecule has 1 saturated heterocycles. The predicted molar refractivity (Wildman–Crippen MR) is 126 cm³/mol. The summed E-state index contributed by atoms with van der Waals surface area (Å²) in [4.78, 5) is 11.5. The molecule has 3 aromatic rings. The molecule has 0 unspecified atom stereocenters. The Kier molecular flexibility index (Phi) is 6.54. The minimum Gasteiger partial charge on any atom is -0.377 e. The maximum Gasteiger partial charge on any atom is 0.164 e. The largest absolute Gasteiger partial charge is 0.377 e. The molecule has 0 radical (unpaired) electrons. The second-order valence-electron chi connectivity index (χ2n) is 8.88. The number of likely N-dealkylation sites (tertiary alicyclic amines) is 1. The molecule has 0 atom stereocenters. The van der Waals surface area contributed by atoms with Crippen molar-refractivity contribution in [2.24, 2.45) is 0 Å². The van der Waals surface area contributed by atoms with Crippen LogP contribution in [0.3, 0.4) is 0 Å². The number of ether oxygens (including phenoxy) is 1. The Morgan fingerprint density at radius 1 is 1.12 bits per heavy atom. The topological polar surface area (TPSA) is 85.1 Å². The first-order valence-electron chi connectivity index (χ1n) is 12.0. The average Bonchev–Trinajstić information content (AvgIpc) is 3.58. The molecule has 2 aliphatic rings. The number of rotatable bonds is 9. The van der Waals surface area contributed by atoms with Gasteiger partial charge in [0.05, 0.1) is 30.0 Å². The quantitative estimate of drug-likeness (QED) is 0.530. The van der Waals surface area contributed by atoms with Gasteiger partial charge in [-0.1, -0.05) is 0 Å². The van der Waals surface area contributed by atoms with E-state index in [9.17, 15) is 0 Å². The van der Waals surface area contributed by atoms with E-state index in [0.29, 0.717) is 12.1 Å². The standard InChI is InChI=1S/C23H34N8O/c1-2-30-16-19(15-26-30)28-31-12-9-21-22(24-17-25-23(21)31)27-18-5-7-20(8-6-18)32-14-13-29-10-3-4-11-29/h9,12,15-18,20,28H,2-8,10-11,13-14H2,1H3,(H,24,25,27). The lowest BCUT2D eigenvalue weighted by atomic mass is 9.93. The van der Waals surface area contributed by atoms with E-state index in [0.717, 1.165) is 67.9 Å². The Hall–Kier alpha value is -2.65. The van der Waals surface area contributed by atoms with Crippen molar-refractivity contribution >= 4 is 22.5 Å². The van der Waals surface area contributed by atoms with Crippen LogP contribution in [-0.4, -0.2) is 67.7 Å². The zero-order chi connectivity index (χ0) is 21.8.